The molecule has 0 unspecified atom stereocenters. The van der Waals surface area contributed by atoms with Crippen molar-refractivity contribution in [2.24, 2.45) is 0 Å². The number of aromatic nitrogens is 3. The van der Waals surface area contributed by atoms with Gasteiger partial charge in [0.25, 0.3) is 0 Å². The largest absolute Gasteiger partial charge is 0.416 e. The number of nitrogens with zero attached hydrogens (tertiary/aromatic N) is 3. The molecule has 0 aliphatic rings. The molecule has 4 rings (SSSR count). The summed E-state index contributed by atoms with van der Waals surface area (Å²) >= 11 is 7.63. The van der Waals surface area contributed by atoms with Crippen LogP contribution in [-0.4, -0.2) is 20.8 Å². The van der Waals surface area contributed by atoms with Crippen LogP contribution in [0.15, 0.2) is 65.8 Å². The number of aryl methyl sites for hydroxylation is 2. The molecule has 4 aromatic rings. The SMILES string of the molecule is Cc1ccccc1CSc1nnc(CNC(=O)Nc2cc(C(F)(F)F)cc(C(F)(F)F)c2)n1-c1cc(Cl)ccc1C. The first kappa shape index (κ1) is 30.3. The van der Waals surface area contributed by atoms with Crippen LogP contribution in [-0.2, 0) is 24.7 Å². The van der Waals surface area contributed by atoms with Crippen molar-refractivity contribution in [2.45, 2.75) is 43.7 Å². The Bertz CT molecular complexity index is 1540. The van der Waals surface area contributed by atoms with Gasteiger partial charge in [0.15, 0.2) is 11.0 Å². The molecule has 0 saturated carbocycles. The van der Waals surface area contributed by atoms with Crippen molar-refractivity contribution < 1.29 is 31.1 Å². The second-order valence-electron chi connectivity index (χ2n) is 8.98. The third kappa shape index (κ3) is 7.53. The van der Waals surface area contributed by atoms with E-state index in [0.717, 1.165) is 16.7 Å². The molecule has 0 saturated heterocycles. The number of anilines is 1. The van der Waals surface area contributed by atoms with Crippen LogP contribution < -0.4 is 10.6 Å². The van der Waals surface area contributed by atoms with Gasteiger partial charge in [0.2, 0.25) is 0 Å². The molecule has 0 fully saturated rings. The third-order valence-corrected chi connectivity index (χ3v) is 7.20. The number of carbonyl (C=O) groups excluding carboxylic acids is 1. The minimum Gasteiger partial charge on any atom is -0.331 e. The first-order valence-electron chi connectivity index (χ1n) is 11.9. The number of halogens is 7. The molecule has 0 bridgehead atoms. The Kier molecular flexibility index (Phi) is 8.88. The van der Waals surface area contributed by atoms with Gasteiger partial charge < -0.3 is 10.6 Å². The Morgan fingerprint density at radius 2 is 1.56 bits per heavy atom. The zero-order valence-electron chi connectivity index (χ0n) is 21.5. The molecule has 216 valence electrons. The van der Waals surface area contributed by atoms with Gasteiger partial charge in [-0.15, -0.1) is 10.2 Å². The van der Waals surface area contributed by atoms with E-state index in [1.807, 2.05) is 43.4 Å². The number of thioether (sulfide) groups is 1. The molecule has 3 aromatic carbocycles. The molecule has 14 heteroatoms. The fourth-order valence-electron chi connectivity index (χ4n) is 3.85. The van der Waals surface area contributed by atoms with Gasteiger partial charge in [-0.1, -0.05) is 53.7 Å². The summed E-state index contributed by atoms with van der Waals surface area (Å²) in [6.07, 6.45) is -10.1. The van der Waals surface area contributed by atoms with Gasteiger partial charge in [-0.2, -0.15) is 26.3 Å². The van der Waals surface area contributed by atoms with Gasteiger partial charge in [0, 0.05) is 16.5 Å². The average Bonchev–Trinajstić information content (AvgIpc) is 3.29. The number of alkyl halides is 6. The summed E-state index contributed by atoms with van der Waals surface area (Å²) < 4.78 is 80.8. The maximum Gasteiger partial charge on any atom is 0.416 e. The summed E-state index contributed by atoms with van der Waals surface area (Å²) in [6, 6.07) is 12.8. The van der Waals surface area contributed by atoms with E-state index in [1.54, 1.807) is 22.8 Å². The minimum absolute atomic E-state index is 0.0188. The zero-order valence-corrected chi connectivity index (χ0v) is 23.1. The highest BCUT2D eigenvalue weighted by molar-refractivity contribution is 7.98. The Labute approximate surface area is 240 Å². The predicted molar refractivity (Wildman–Crippen MR) is 144 cm³/mol. The van der Waals surface area contributed by atoms with Crippen LogP contribution in [0, 0.1) is 13.8 Å². The van der Waals surface area contributed by atoms with Gasteiger partial charge in [0.05, 0.1) is 23.4 Å². The van der Waals surface area contributed by atoms with E-state index < -0.39 is 35.2 Å². The van der Waals surface area contributed by atoms with E-state index in [1.165, 1.54) is 11.8 Å². The van der Waals surface area contributed by atoms with E-state index >= 15 is 0 Å². The third-order valence-electron chi connectivity index (χ3n) is 5.98. The Morgan fingerprint density at radius 1 is 0.902 bits per heavy atom. The van der Waals surface area contributed by atoms with E-state index in [-0.39, 0.29) is 18.4 Å². The van der Waals surface area contributed by atoms with Crippen molar-refractivity contribution in [1.82, 2.24) is 20.1 Å². The van der Waals surface area contributed by atoms with Crippen LogP contribution in [0.4, 0.5) is 36.8 Å². The molecule has 0 aliphatic carbocycles. The summed E-state index contributed by atoms with van der Waals surface area (Å²) in [5, 5.41) is 13.8. The van der Waals surface area contributed by atoms with Crippen LogP contribution in [0.2, 0.25) is 5.02 Å². The highest BCUT2D eigenvalue weighted by Crippen LogP contribution is 2.37. The van der Waals surface area contributed by atoms with Gasteiger partial charge in [-0.05, 0) is 60.9 Å². The van der Waals surface area contributed by atoms with Crippen molar-refractivity contribution in [3.8, 4) is 5.69 Å². The summed E-state index contributed by atoms with van der Waals surface area (Å²) in [6.45, 7) is 3.58. The lowest BCUT2D eigenvalue weighted by molar-refractivity contribution is -0.143. The molecule has 0 spiro atoms. The summed E-state index contributed by atoms with van der Waals surface area (Å²) in [5.41, 5.74) is -0.143. The number of amides is 2. The van der Waals surface area contributed by atoms with Gasteiger partial charge >= 0.3 is 18.4 Å². The average molecular weight is 614 g/mol. The van der Waals surface area contributed by atoms with Crippen LogP contribution >= 0.6 is 23.4 Å². The molecular weight excluding hydrogens is 592 g/mol. The molecule has 6 nitrogen and oxygen atoms in total. The van der Waals surface area contributed by atoms with Crippen molar-refractivity contribution in [2.75, 3.05) is 5.32 Å². The zero-order chi connectivity index (χ0) is 29.9. The number of benzene rings is 3. The van der Waals surface area contributed by atoms with E-state index in [2.05, 4.69) is 15.5 Å². The minimum atomic E-state index is -5.05. The molecule has 41 heavy (non-hydrogen) atoms. The van der Waals surface area contributed by atoms with Crippen LogP contribution in [0.5, 0.6) is 0 Å². The molecule has 0 radical (unpaired) electrons. The first-order chi connectivity index (χ1) is 19.2. The molecule has 2 N–H and O–H groups in total. The van der Waals surface area contributed by atoms with Gasteiger partial charge in [-0.3, -0.25) is 4.57 Å². The molecule has 1 aromatic heterocycles. The van der Waals surface area contributed by atoms with Crippen molar-refractivity contribution in [1.29, 1.82) is 0 Å². The lowest BCUT2D eigenvalue weighted by Gasteiger charge is -2.16. The van der Waals surface area contributed by atoms with Crippen LogP contribution in [0.25, 0.3) is 5.69 Å². The Balaban J connectivity index is 1.58. The second kappa shape index (κ2) is 12.0. The summed E-state index contributed by atoms with van der Waals surface area (Å²) in [5.74, 6) is 0.827. The summed E-state index contributed by atoms with van der Waals surface area (Å²) in [4.78, 5) is 12.6. The number of carbonyl (C=O) groups is 1. The fourth-order valence-corrected chi connectivity index (χ4v) is 5.06. The first-order valence-corrected chi connectivity index (χ1v) is 13.3. The second-order valence-corrected chi connectivity index (χ2v) is 10.4. The van der Waals surface area contributed by atoms with Crippen molar-refractivity contribution in [3.05, 3.63) is 99.3 Å². The van der Waals surface area contributed by atoms with Gasteiger partial charge in [-0.25, -0.2) is 4.79 Å². The lowest BCUT2D eigenvalue weighted by Crippen LogP contribution is -2.29. The lowest BCUT2D eigenvalue weighted by atomic mass is 10.1. The number of nitrogens with one attached hydrogen (secondary N) is 2. The molecule has 1 heterocycles. The standard InChI is InChI=1S/C27H22ClF6N5OS/c1-15-5-3-4-6-17(15)14-41-25-38-37-23(39(25)22-12-20(28)8-7-16(22)2)13-35-24(40)36-21-10-18(26(29,30)31)9-19(11-21)27(32,33)34/h3-12H,13-14H2,1-2H3,(H2,35,36,40). The number of hydrogen-bond donors (Lipinski definition) is 2. The van der Waals surface area contributed by atoms with Crippen molar-refractivity contribution in [3.63, 3.8) is 0 Å². The number of rotatable bonds is 7. The normalized spacial score (nSPS) is 11.9. The number of urea groups is 1. The quantitative estimate of drug-likeness (QED) is 0.163. The highest BCUT2D eigenvalue weighted by Gasteiger charge is 2.37. The summed E-state index contributed by atoms with van der Waals surface area (Å²) in [7, 11) is 0. The maximum absolute atomic E-state index is 13.2. The highest BCUT2D eigenvalue weighted by atomic mass is 35.5. The van der Waals surface area contributed by atoms with Crippen LogP contribution in [0.1, 0.15) is 33.6 Å². The topological polar surface area (TPSA) is 71.8 Å². The smallest absolute Gasteiger partial charge is 0.331 e. The molecule has 0 atom stereocenters. The fraction of sp³-hybridized carbons (Fsp3) is 0.222. The maximum atomic E-state index is 13.2. The van der Waals surface area contributed by atoms with E-state index in [9.17, 15) is 31.1 Å². The van der Waals surface area contributed by atoms with Crippen LogP contribution in [0.3, 0.4) is 0 Å². The van der Waals surface area contributed by atoms with Gasteiger partial charge in [0.1, 0.15) is 0 Å². The Morgan fingerprint density at radius 3 is 2.20 bits per heavy atom. The molecule has 0 aliphatic heterocycles. The monoisotopic (exact) mass is 613 g/mol. The van der Waals surface area contributed by atoms with E-state index in [4.69, 9.17) is 11.6 Å². The number of hydrogen-bond acceptors (Lipinski definition) is 4. The Hall–Kier alpha value is -3.71. The predicted octanol–water partition coefficient (Wildman–Crippen LogP) is 8.19. The molecular formula is C27H22ClF6N5OS. The van der Waals surface area contributed by atoms with Crippen molar-refractivity contribution >= 4 is 35.1 Å². The van der Waals surface area contributed by atoms with E-state index in [0.29, 0.717) is 33.8 Å². The molecule has 2 amide bonds.